The van der Waals surface area contributed by atoms with Gasteiger partial charge in [0, 0.05) is 19.1 Å². The number of nitrogens with two attached hydrogens (primary N) is 1. The molecule has 0 amide bonds. The number of carboxylic acids is 1. The number of hydrogen-bond acceptors (Lipinski definition) is 3. The molecule has 1 aliphatic heterocycles. The molecule has 12 heavy (non-hydrogen) atoms. The van der Waals surface area contributed by atoms with Gasteiger partial charge < -0.3 is 15.6 Å². The van der Waals surface area contributed by atoms with E-state index in [4.69, 9.17) is 15.6 Å². The van der Waals surface area contributed by atoms with Crippen molar-refractivity contribution < 1.29 is 14.6 Å². The first-order valence-electron chi connectivity index (χ1n) is 4.25. The second-order valence-electron chi connectivity index (χ2n) is 3.22. The zero-order valence-corrected chi connectivity index (χ0v) is 7.03. The van der Waals surface area contributed by atoms with Gasteiger partial charge in [-0.25, -0.2) is 0 Å². The third-order valence-electron chi connectivity index (χ3n) is 2.26. The summed E-state index contributed by atoms with van der Waals surface area (Å²) >= 11 is 0. The van der Waals surface area contributed by atoms with Crippen LogP contribution in [0.25, 0.3) is 0 Å². The molecule has 1 aliphatic rings. The molecule has 0 unspecified atom stereocenters. The van der Waals surface area contributed by atoms with Crippen molar-refractivity contribution in [3.05, 3.63) is 0 Å². The molecule has 1 rings (SSSR count). The van der Waals surface area contributed by atoms with Gasteiger partial charge in [0.05, 0.1) is 6.61 Å². The summed E-state index contributed by atoms with van der Waals surface area (Å²) < 4.78 is 5.21. The van der Waals surface area contributed by atoms with E-state index >= 15 is 0 Å². The summed E-state index contributed by atoms with van der Waals surface area (Å²) in [5.74, 6) is -0.525. The first-order valence-corrected chi connectivity index (χ1v) is 4.25. The molecule has 0 spiro atoms. The first kappa shape index (κ1) is 9.48. The van der Waals surface area contributed by atoms with Crippen LogP contribution < -0.4 is 5.73 Å². The van der Waals surface area contributed by atoms with Crippen molar-refractivity contribution in [2.24, 2.45) is 11.7 Å². The van der Waals surface area contributed by atoms with E-state index in [0.29, 0.717) is 19.6 Å². The minimum Gasteiger partial charge on any atom is -0.481 e. The Morgan fingerprint density at radius 2 is 2.42 bits per heavy atom. The molecular weight excluding hydrogens is 158 g/mol. The summed E-state index contributed by atoms with van der Waals surface area (Å²) in [4.78, 5) is 10.3. The van der Waals surface area contributed by atoms with Crippen molar-refractivity contribution in [1.82, 2.24) is 0 Å². The Morgan fingerprint density at radius 3 is 3.00 bits per heavy atom. The molecule has 4 heteroatoms. The molecule has 1 heterocycles. The molecule has 70 valence electrons. The second-order valence-corrected chi connectivity index (χ2v) is 3.22. The molecule has 0 bridgehead atoms. The van der Waals surface area contributed by atoms with Crippen LogP contribution in [0, 0.1) is 5.92 Å². The van der Waals surface area contributed by atoms with Crippen molar-refractivity contribution in [3.63, 3.8) is 0 Å². The lowest BCUT2D eigenvalue weighted by Crippen LogP contribution is -2.38. The molecule has 1 fully saturated rings. The average Bonchev–Trinajstić information content (AvgIpc) is 2.03. The number of hydrogen-bond donors (Lipinski definition) is 2. The van der Waals surface area contributed by atoms with E-state index in [1.807, 2.05) is 0 Å². The summed E-state index contributed by atoms with van der Waals surface area (Å²) in [7, 11) is 0. The van der Waals surface area contributed by atoms with E-state index in [-0.39, 0.29) is 18.4 Å². The van der Waals surface area contributed by atoms with E-state index in [9.17, 15) is 4.79 Å². The molecule has 0 radical (unpaired) electrons. The van der Waals surface area contributed by atoms with Crippen LogP contribution in [0.15, 0.2) is 0 Å². The van der Waals surface area contributed by atoms with Crippen LogP contribution in [-0.4, -0.2) is 30.3 Å². The maximum Gasteiger partial charge on any atom is 0.303 e. The Labute approximate surface area is 71.7 Å². The Bertz CT molecular complexity index is 160. The molecule has 0 aromatic heterocycles. The lowest BCUT2D eigenvalue weighted by molar-refractivity contribution is -0.137. The average molecular weight is 173 g/mol. The topological polar surface area (TPSA) is 72.5 Å². The van der Waals surface area contributed by atoms with Crippen molar-refractivity contribution in [2.45, 2.75) is 25.3 Å². The van der Waals surface area contributed by atoms with Crippen LogP contribution in [0.5, 0.6) is 0 Å². The van der Waals surface area contributed by atoms with Crippen LogP contribution in [0.2, 0.25) is 0 Å². The summed E-state index contributed by atoms with van der Waals surface area (Å²) in [6.07, 6.45) is 1.68. The molecule has 4 nitrogen and oxygen atoms in total. The Hall–Kier alpha value is -0.610. The molecule has 0 aliphatic carbocycles. The van der Waals surface area contributed by atoms with Crippen LogP contribution in [0.3, 0.4) is 0 Å². The third kappa shape index (κ3) is 2.79. The highest BCUT2D eigenvalue weighted by Crippen LogP contribution is 2.17. The SMILES string of the molecule is N[C@H]1CCOC[C@@H]1CCC(=O)O. The molecule has 0 saturated carbocycles. The van der Waals surface area contributed by atoms with E-state index in [2.05, 4.69) is 0 Å². The van der Waals surface area contributed by atoms with Gasteiger partial charge in [0.1, 0.15) is 0 Å². The van der Waals surface area contributed by atoms with Crippen LogP contribution >= 0.6 is 0 Å². The summed E-state index contributed by atoms with van der Waals surface area (Å²) in [6.45, 7) is 1.33. The van der Waals surface area contributed by atoms with Crippen molar-refractivity contribution >= 4 is 5.97 Å². The molecular formula is C8H15NO3. The van der Waals surface area contributed by atoms with E-state index in [0.717, 1.165) is 6.42 Å². The van der Waals surface area contributed by atoms with Gasteiger partial charge >= 0.3 is 5.97 Å². The highest BCUT2D eigenvalue weighted by molar-refractivity contribution is 5.66. The first-order chi connectivity index (χ1) is 5.70. The van der Waals surface area contributed by atoms with E-state index in [1.54, 1.807) is 0 Å². The fourth-order valence-corrected chi connectivity index (χ4v) is 1.42. The quantitative estimate of drug-likeness (QED) is 0.640. The van der Waals surface area contributed by atoms with Gasteiger partial charge in [-0.2, -0.15) is 0 Å². The number of ether oxygens (including phenoxy) is 1. The fraction of sp³-hybridized carbons (Fsp3) is 0.875. The largest absolute Gasteiger partial charge is 0.481 e. The van der Waals surface area contributed by atoms with Crippen LogP contribution in [-0.2, 0) is 9.53 Å². The van der Waals surface area contributed by atoms with Crippen molar-refractivity contribution in [3.8, 4) is 0 Å². The lowest BCUT2D eigenvalue weighted by Gasteiger charge is -2.28. The minimum atomic E-state index is -0.757. The summed E-state index contributed by atoms with van der Waals surface area (Å²) in [5, 5.41) is 8.45. The fourth-order valence-electron chi connectivity index (χ4n) is 1.42. The molecule has 0 aromatic rings. The van der Waals surface area contributed by atoms with Gasteiger partial charge in [0.2, 0.25) is 0 Å². The van der Waals surface area contributed by atoms with Gasteiger partial charge in [-0.15, -0.1) is 0 Å². The minimum absolute atomic E-state index is 0.123. The van der Waals surface area contributed by atoms with Crippen LogP contribution in [0.4, 0.5) is 0 Å². The van der Waals surface area contributed by atoms with E-state index in [1.165, 1.54) is 0 Å². The standard InChI is InChI=1S/C8H15NO3/c9-7-3-4-12-5-6(7)1-2-8(10)11/h6-7H,1-5,9H2,(H,10,11)/t6-,7-/m0/s1. The number of aliphatic carboxylic acids is 1. The number of carbonyl (C=O) groups is 1. The second kappa shape index (κ2) is 4.42. The zero-order valence-electron chi connectivity index (χ0n) is 7.03. The molecule has 1 saturated heterocycles. The van der Waals surface area contributed by atoms with Crippen LogP contribution in [0.1, 0.15) is 19.3 Å². The Balaban J connectivity index is 2.24. The monoisotopic (exact) mass is 173 g/mol. The Kier molecular flexibility index (Phi) is 3.49. The molecule has 2 atom stereocenters. The maximum atomic E-state index is 10.3. The number of rotatable bonds is 3. The van der Waals surface area contributed by atoms with E-state index < -0.39 is 5.97 Å². The predicted molar refractivity (Wildman–Crippen MR) is 43.8 cm³/mol. The third-order valence-corrected chi connectivity index (χ3v) is 2.26. The smallest absolute Gasteiger partial charge is 0.303 e. The van der Waals surface area contributed by atoms with Crippen molar-refractivity contribution in [2.75, 3.05) is 13.2 Å². The maximum absolute atomic E-state index is 10.3. The Morgan fingerprint density at radius 1 is 1.67 bits per heavy atom. The zero-order chi connectivity index (χ0) is 8.97. The van der Waals surface area contributed by atoms with Gasteiger partial charge in [0.25, 0.3) is 0 Å². The predicted octanol–water partition coefficient (Wildman–Crippen LogP) is 0.215. The van der Waals surface area contributed by atoms with Gasteiger partial charge in [-0.05, 0) is 18.8 Å². The van der Waals surface area contributed by atoms with Gasteiger partial charge in [-0.3, -0.25) is 4.79 Å². The number of carboxylic acid groups (broad SMARTS) is 1. The summed E-state index contributed by atoms with van der Waals surface area (Å²) in [6, 6.07) is 0.123. The van der Waals surface area contributed by atoms with Gasteiger partial charge in [-0.1, -0.05) is 0 Å². The van der Waals surface area contributed by atoms with Crippen molar-refractivity contribution in [1.29, 1.82) is 0 Å². The summed E-state index contributed by atoms with van der Waals surface area (Å²) in [5.41, 5.74) is 5.79. The normalized spacial score (nSPS) is 30.1. The highest BCUT2D eigenvalue weighted by Gasteiger charge is 2.22. The lowest BCUT2D eigenvalue weighted by atomic mass is 9.92. The highest BCUT2D eigenvalue weighted by atomic mass is 16.5. The van der Waals surface area contributed by atoms with Gasteiger partial charge in [0.15, 0.2) is 0 Å². The molecule has 0 aromatic carbocycles. The molecule has 3 N–H and O–H groups in total.